The fraction of sp³-hybridized carbons (Fsp3) is 0.409. The van der Waals surface area contributed by atoms with Crippen LogP contribution in [0.15, 0.2) is 42.5 Å². The van der Waals surface area contributed by atoms with Crippen LogP contribution in [-0.2, 0) is 21.4 Å². The predicted octanol–water partition coefficient (Wildman–Crippen LogP) is 3.26. The first kappa shape index (κ1) is 22.7. The van der Waals surface area contributed by atoms with Crippen LogP contribution < -0.4 is 9.62 Å². The second-order valence-corrected chi connectivity index (χ2v) is 10.7. The summed E-state index contributed by atoms with van der Waals surface area (Å²) in [6.07, 6.45) is 1.12. The van der Waals surface area contributed by atoms with E-state index >= 15 is 0 Å². The summed E-state index contributed by atoms with van der Waals surface area (Å²) < 4.78 is 25.9. The smallest absolute Gasteiger partial charge is 0.245 e. The molecule has 1 saturated heterocycles. The van der Waals surface area contributed by atoms with E-state index < -0.39 is 10.0 Å². The number of thioether (sulfide) groups is 1. The van der Waals surface area contributed by atoms with Crippen LogP contribution in [0, 0.1) is 13.8 Å². The van der Waals surface area contributed by atoms with E-state index in [1.54, 1.807) is 12.1 Å². The van der Waals surface area contributed by atoms with E-state index in [1.165, 1.54) is 5.56 Å². The van der Waals surface area contributed by atoms with Gasteiger partial charge in [0.05, 0.1) is 11.9 Å². The molecule has 0 bridgehead atoms. The molecule has 0 atom stereocenters. The van der Waals surface area contributed by atoms with Gasteiger partial charge in [-0.3, -0.25) is 14.0 Å². The standard InChI is InChI=1S/C22H29N3O3S2/c1-17-7-4-5-10-21(17)25(30(3,27)28)16-22(26)23-20-9-6-8-19(18(20)2)15-24-11-13-29-14-12-24/h4-10H,11-16H2,1-3H3,(H,23,26). The van der Waals surface area contributed by atoms with Crippen LogP contribution >= 0.6 is 11.8 Å². The number of sulfonamides is 1. The first-order valence-corrected chi connectivity index (χ1v) is 13.0. The molecule has 6 nitrogen and oxygen atoms in total. The number of anilines is 2. The highest BCUT2D eigenvalue weighted by Gasteiger charge is 2.22. The highest BCUT2D eigenvalue weighted by molar-refractivity contribution is 7.99. The summed E-state index contributed by atoms with van der Waals surface area (Å²) in [5.41, 5.74) is 4.24. The molecule has 30 heavy (non-hydrogen) atoms. The van der Waals surface area contributed by atoms with Crippen LogP contribution in [0.25, 0.3) is 0 Å². The van der Waals surface area contributed by atoms with Gasteiger partial charge in [0.25, 0.3) is 0 Å². The molecule has 1 heterocycles. The zero-order valence-corrected chi connectivity index (χ0v) is 19.4. The number of amides is 1. The molecule has 2 aromatic rings. The van der Waals surface area contributed by atoms with Crippen molar-refractivity contribution < 1.29 is 13.2 Å². The van der Waals surface area contributed by atoms with E-state index in [1.807, 2.05) is 49.9 Å². The first-order chi connectivity index (χ1) is 14.3. The average molecular weight is 448 g/mol. The number of hydrogen-bond acceptors (Lipinski definition) is 5. The molecule has 0 radical (unpaired) electrons. The molecule has 1 amide bonds. The van der Waals surface area contributed by atoms with Gasteiger partial charge < -0.3 is 5.32 Å². The number of para-hydroxylation sites is 1. The Morgan fingerprint density at radius 3 is 2.47 bits per heavy atom. The van der Waals surface area contributed by atoms with Crippen molar-refractivity contribution in [2.24, 2.45) is 0 Å². The van der Waals surface area contributed by atoms with E-state index in [0.717, 1.165) is 58.5 Å². The molecule has 0 aliphatic carbocycles. The van der Waals surface area contributed by atoms with Crippen molar-refractivity contribution in [1.82, 2.24) is 4.90 Å². The summed E-state index contributed by atoms with van der Waals surface area (Å²) in [6.45, 7) is 6.56. The number of aryl methyl sites for hydroxylation is 1. The minimum atomic E-state index is -3.60. The Labute approximate surface area is 183 Å². The summed E-state index contributed by atoms with van der Waals surface area (Å²) in [5, 5.41) is 2.91. The molecule has 1 N–H and O–H groups in total. The summed E-state index contributed by atoms with van der Waals surface area (Å²) >= 11 is 1.98. The highest BCUT2D eigenvalue weighted by Crippen LogP contribution is 2.24. The Morgan fingerprint density at radius 1 is 1.10 bits per heavy atom. The number of benzene rings is 2. The third-order valence-electron chi connectivity index (χ3n) is 5.29. The van der Waals surface area contributed by atoms with E-state index in [2.05, 4.69) is 16.3 Å². The molecular formula is C22H29N3O3S2. The molecule has 8 heteroatoms. The Morgan fingerprint density at radius 2 is 1.80 bits per heavy atom. The Kier molecular flexibility index (Phi) is 7.44. The number of carbonyl (C=O) groups excluding carboxylic acids is 1. The van der Waals surface area contributed by atoms with Gasteiger partial charge in [-0.15, -0.1) is 0 Å². The lowest BCUT2D eigenvalue weighted by molar-refractivity contribution is -0.114. The third-order valence-corrected chi connectivity index (χ3v) is 7.36. The third kappa shape index (κ3) is 5.77. The molecule has 3 rings (SSSR count). The van der Waals surface area contributed by atoms with Crippen molar-refractivity contribution in [2.75, 3.05) is 47.0 Å². The van der Waals surface area contributed by atoms with Crippen molar-refractivity contribution >= 4 is 39.1 Å². The van der Waals surface area contributed by atoms with E-state index in [-0.39, 0.29) is 12.5 Å². The molecular weight excluding hydrogens is 418 g/mol. The van der Waals surface area contributed by atoms with Crippen LogP contribution in [-0.4, -0.2) is 56.6 Å². The van der Waals surface area contributed by atoms with Crippen LogP contribution in [0.2, 0.25) is 0 Å². The van der Waals surface area contributed by atoms with Gasteiger partial charge in [0.1, 0.15) is 6.54 Å². The van der Waals surface area contributed by atoms with Gasteiger partial charge in [0, 0.05) is 36.8 Å². The van der Waals surface area contributed by atoms with Gasteiger partial charge in [-0.05, 0) is 42.7 Å². The lowest BCUT2D eigenvalue weighted by Gasteiger charge is -2.27. The zero-order chi connectivity index (χ0) is 21.7. The molecule has 0 spiro atoms. The van der Waals surface area contributed by atoms with Gasteiger partial charge in [0.2, 0.25) is 15.9 Å². The van der Waals surface area contributed by atoms with Gasteiger partial charge in [0.15, 0.2) is 0 Å². The van der Waals surface area contributed by atoms with Gasteiger partial charge >= 0.3 is 0 Å². The number of rotatable bonds is 7. The summed E-state index contributed by atoms with van der Waals surface area (Å²) in [5.74, 6) is 1.93. The number of hydrogen-bond donors (Lipinski definition) is 1. The van der Waals surface area contributed by atoms with Crippen molar-refractivity contribution in [3.63, 3.8) is 0 Å². The van der Waals surface area contributed by atoms with E-state index in [4.69, 9.17) is 0 Å². The Balaban J connectivity index is 1.74. The lowest BCUT2D eigenvalue weighted by atomic mass is 10.1. The Hall–Kier alpha value is -2.03. The maximum absolute atomic E-state index is 12.8. The molecule has 1 fully saturated rings. The minimum absolute atomic E-state index is 0.267. The largest absolute Gasteiger partial charge is 0.324 e. The molecule has 1 aliphatic rings. The van der Waals surface area contributed by atoms with Crippen LogP contribution in [0.1, 0.15) is 16.7 Å². The molecule has 0 aromatic heterocycles. The summed E-state index contributed by atoms with van der Waals surface area (Å²) in [7, 11) is -3.60. The topological polar surface area (TPSA) is 69.7 Å². The maximum Gasteiger partial charge on any atom is 0.245 e. The quantitative estimate of drug-likeness (QED) is 0.706. The van der Waals surface area contributed by atoms with Crippen LogP contribution in [0.5, 0.6) is 0 Å². The second kappa shape index (κ2) is 9.85. The van der Waals surface area contributed by atoms with E-state index in [0.29, 0.717) is 5.69 Å². The van der Waals surface area contributed by atoms with Crippen LogP contribution in [0.4, 0.5) is 11.4 Å². The fourth-order valence-corrected chi connectivity index (χ4v) is 5.43. The fourth-order valence-electron chi connectivity index (χ4n) is 3.53. The summed E-state index contributed by atoms with van der Waals surface area (Å²) in [6, 6.07) is 13.0. The Bertz CT molecular complexity index is 1000. The van der Waals surface area contributed by atoms with Crippen molar-refractivity contribution in [1.29, 1.82) is 0 Å². The zero-order valence-electron chi connectivity index (χ0n) is 17.7. The van der Waals surface area contributed by atoms with Gasteiger partial charge in [-0.1, -0.05) is 30.3 Å². The number of nitrogens with one attached hydrogen (secondary N) is 1. The SMILES string of the molecule is Cc1ccccc1N(CC(=O)Nc1cccc(CN2CCSCC2)c1C)S(C)(=O)=O. The molecule has 0 saturated carbocycles. The molecule has 2 aromatic carbocycles. The van der Waals surface area contributed by atoms with Gasteiger partial charge in [-0.2, -0.15) is 11.8 Å². The number of carbonyl (C=O) groups is 1. The number of nitrogens with zero attached hydrogens (tertiary/aromatic N) is 2. The van der Waals surface area contributed by atoms with Crippen molar-refractivity contribution in [3.8, 4) is 0 Å². The predicted molar refractivity (Wildman–Crippen MR) is 126 cm³/mol. The van der Waals surface area contributed by atoms with Crippen LogP contribution in [0.3, 0.4) is 0 Å². The second-order valence-electron chi connectivity index (χ2n) is 7.58. The van der Waals surface area contributed by atoms with Crippen molar-refractivity contribution in [3.05, 3.63) is 59.2 Å². The maximum atomic E-state index is 12.8. The van der Waals surface area contributed by atoms with E-state index in [9.17, 15) is 13.2 Å². The summed E-state index contributed by atoms with van der Waals surface area (Å²) in [4.78, 5) is 15.2. The molecule has 162 valence electrons. The molecule has 1 aliphatic heterocycles. The lowest BCUT2D eigenvalue weighted by Crippen LogP contribution is -2.38. The molecule has 0 unspecified atom stereocenters. The minimum Gasteiger partial charge on any atom is -0.324 e. The van der Waals surface area contributed by atoms with Gasteiger partial charge in [-0.25, -0.2) is 8.42 Å². The average Bonchev–Trinajstić information content (AvgIpc) is 2.70. The highest BCUT2D eigenvalue weighted by atomic mass is 32.2. The monoisotopic (exact) mass is 447 g/mol. The normalized spacial score (nSPS) is 15.0. The van der Waals surface area contributed by atoms with Crippen molar-refractivity contribution in [2.45, 2.75) is 20.4 Å². The first-order valence-electron chi connectivity index (χ1n) is 9.97.